The smallest absolute Gasteiger partial charge is 0.392 e. The summed E-state index contributed by atoms with van der Waals surface area (Å²) in [7, 11) is 0. The fourth-order valence-corrected chi connectivity index (χ4v) is 1.40. The van der Waals surface area contributed by atoms with Gasteiger partial charge in [-0.2, -0.15) is 18.2 Å². The lowest BCUT2D eigenvalue weighted by Crippen LogP contribution is -2.15. The predicted molar refractivity (Wildman–Crippen MR) is 40.7 cm³/mol. The summed E-state index contributed by atoms with van der Waals surface area (Å²) in [5.41, 5.74) is 0. The van der Waals surface area contributed by atoms with Crippen LogP contribution in [-0.4, -0.2) is 27.9 Å². The molecule has 2 rings (SSSR count). The number of rotatable bonds is 1. The van der Waals surface area contributed by atoms with E-state index in [-0.39, 0.29) is 12.3 Å². The van der Waals surface area contributed by atoms with Gasteiger partial charge in [0.15, 0.2) is 0 Å². The van der Waals surface area contributed by atoms with E-state index in [0.717, 1.165) is 0 Å². The highest BCUT2D eigenvalue weighted by Gasteiger charge is 2.39. The normalized spacial score (nSPS) is 27.2. The second-order valence-electron chi connectivity index (χ2n) is 3.30. The van der Waals surface area contributed by atoms with E-state index in [1.807, 2.05) is 0 Å². The molecule has 0 spiro atoms. The van der Waals surface area contributed by atoms with E-state index in [9.17, 15) is 13.2 Å². The maximum Gasteiger partial charge on any atom is 0.455 e. The van der Waals surface area contributed by atoms with Gasteiger partial charge in [0.25, 0.3) is 5.82 Å². The zero-order valence-electron chi connectivity index (χ0n) is 7.45. The van der Waals surface area contributed by atoms with Crippen LogP contribution >= 0.6 is 0 Å². The molecule has 0 aromatic carbocycles. The van der Waals surface area contributed by atoms with Gasteiger partial charge in [-0.15, -0.1) is 0 Å². The first-order valence-electron chi connectivity index (χ1n) is 4.29. The molecular formula is C7H8F3N3O2. The van der Waals surface area contributed by atoms with Gasteiger partial charge in [-0.05, 0) is 6.42 Å². The molecule has 0 amide bonds. The van der Waals surface area contributed by atoms with Crippen molar-refractivity contribution in [2.45, 2.75) is 24.7 Å². The summed E-state index contributed by atoms with van der Waals surface area (Å²) in [6.45, 7) is 0.314. The van der Waals surface area contributed by atoms with Crippen LogP contribution in [0.1, 0.15) is 24.2 Å². The van der Waals surface area contributed by atoms with Crippen LogP contribution < -0.4 is 5.32 Å². The Balaban J connectivity index is 2.14. The Morgan fingerprint density at radius 1 is 1.47 bits per heavy atom. The third-order valence-electron chi connectivity index (χ3n) is 2.10. The fourth-order valence-electron chi connectivity index (χ4n) is 1.40. The quantitative estimate of drug-likeness (QED) is 0.724. The van der Waals surface area contributed by atoms with E-state index in [0.29, 0.717) is 6.54 Å². The average Bonchev–Trinajstić information content (AvgIpc) is 2.69. The molecule has 1 aromatic rings. The molecule has 2 heterocycles. The van der Waals surface area contributed by atoms with Crippen LogP contribution in [0.4, 0.5) is 13.2 Å². The van der Waals surface area contributed by atoms with Crippen LogP contribution in [0.3, 0.4) is 0 Å². The molecule has 8 heteroatoms. The largest absolute Gasteiger partial charge is 0.455 e. The Labute approximate surface area is 82.3 Å². The molecule has 0 radical (unpaired) electrons. The second kappa shape index (κ2) is 3.46. The van der Waals surface area contributed by atoms with Crippen molar-refractivity contribution < 1.29 is 22.8 Å². The first kappa shape index (κ1) is 10.4. The summed E-state index contributed by atoms with van der Waals surface area (Å²) >= 11 is 0. The van der Waals surface area contributed by atoms with Crippen LogP contribution in [-0.2, 0) is 6.18 Å². The van der Waals surface area contributed by atoms with Crippen molar-refractivity contribution in [3.63, 3.8) is 0 Å². The van der Waals surface area contributed by atoms with Gasteiger partial charge in [-0.1, -0.05) is 5.16 Å². The van der Waals surface area contributed by atoms with Crippen molar-refractivity contribution in [3.8, 4) is 0 Å². The van der Waals surface area contributed by atoms with E-state index in [1.165, 1.54) is 0 Å². The molecule has 84 valence electrons. The topological polar surface area (TPSA) is 71.2 Å². The fraction of sp³-hybridized carbons (Fsp3) is 0.714. The zero-order chi connectivity index (χ0) is 11.1. The number of aromatic nitrogens is 2. The lowest BCUT2D eigenvalue weighted by molar-refractivity contribution is -0.146. The number of hydrogen-bond acceptors (Lipinski definition) is 5. The first-order valence-corrected chi connectivity index (χ1v) is 4.29. The van der Waals surface area contributed by atoms with Gasteiger partial charge in [0.2, 0.25) is 5.89 Å². The number of hydrogen-bond donors (Lipinski definition) is 2. The van der Waals surface area contributed by atoms with Crippen molar-refractivity contribution in [1.82, 2.24) is 15.5 Å². The Kier molecular flexibility index (Phi) is 2.39. The number of nitrogens with zero attached hydrogens (tertiary/aromatic N) is 2. The van der Waals surface area contributed by atoms with E-state index < -0.39 is 24.1 Å². The van der Waals surface area contributed by atoms with Crippen LogP contribution in [0.25, 0.3) is 0 Å². The van der Waals surface area contributed by atoms with Crippen molar-refractivity contribution >= 4 is 0 Å². The lowest BCUT2D eigenvalue weighted by atomic mass is 10.2. The van der Waals surface area contributed by atoms with Gasteiger partial charge in [-0.25, -0.2) is 0 Å². The summed E-state index contributed by atoms with van der Waals surface area (Å²) in [6, 6.07) is -0.497. The Morgan fingerprint density at radius 2 is 2.20 bits per heavy atom. The van der Waals surface area contributed by atoms with Crippen molar-refractivity contribution in [2.75, 3.05) is 6.54 Å². The molecule has 0 unspecified atom stereocenters. The molecule has 2 atom stereocenters. The third-order valence-corrected chi connectivity index (χ3v) is 2.10. The molecule has 5 nitrogen and oxygen atoms in total. The Bertz CT molecular complexity index is 351. The van der Waals surface area contributed by atoms with Crippen LogP contribution in [0.15, 0.2) is 4.52 Å². The standard InChI is InChI=1S/C7H8F3N3O2/c8-7(9,10)6-12-5(15-13-6)4-1-3(14)2-11-4/h3-4,11,14H,1-2H2/t3-,4-/m0/s1. The van der Waals surface area contributed by atoms with Gasteiger partial charge < -0.3 is 14.9 Å². The highest BCUT2D eigenvalue weighted by Crippen LogP contribution is 2.29. The van der Waals surface area contributed by atoms with E-state index in [2.05, 4.69) is 20.0 Å². The number of aliphatic hydroxyl groups excluding tert-OH is 1. The Morgan fingerprint density at radius 3 is 2.67 bits per heavy atom. The van der Waals surface area contributed by atoms with E-state index in [1.54, 1.807) is 0 Å². The van der Waals surface area contributed by atoms with Gasteiger partial charge >= 0.3 is 6.18 Å². The highest BCUT2D eigenvalue weighted by molar-refractivity contribution is 4.99. The molecule has 0 saturated carbocycles. The minimum atomic E-state index is -4.60. The maximum absolute atomic E-state index is 12.1. The number of nitrogens with one attached hydrogen (secondary N) is 1. The predicted octanol–water partition coefficient (Wildman–Crippen LogP) is 0.484. The summed E-state index contributed by atoms with van der Waals surface area (Å²) in [6.07, 6.45) is -4.91. The molecule has 1 aliphatic heterocycles. The van der Waals surface area contributed by atoms with E-state index in [4.69, 9.17) is 5.11 Å². The molecule has 0 aliphatic carbocycles. The van der Waals surface area contributed by atoms with E-state index >= 15 is 0 Å². The minimum absolute atomic E-state index is 0.140. The monoisotopic (exact) mass is 223 g/mol. The second-order valence-corrected chi connectivity index (χ2v) is 3.30. The number of alkyl halides is 3. The molecule has 1 aliphatic rings. The zero-order valence-corrected chi connectivity index (χ0v) is 7.45. The van der Waals surface area contributed by atoms with Crippen molar-refractivity contribution in [1.29, 1.82) is 0 Å². The molecule has 1 aromatic heterocycles. The molecular weight excluding hydrogens is 215 g/mol. The summed E-state index contributed by atoms with van der Waals surface area (Å²) in [5.74, 6) is -1.43. The molecule has 2 N–H and O–H groups in total. The van der Waals surface area contributed by atoms with Crippen LogP contribution in [0, 0.1) is 0 Å². The average molecular weight is 223 g/mol. The maximum atomic E-state index is 12.1. The molecule has 1 saturated heterocycles. The van der Waals surface area contributed by atoms with Gasteiger partial charge in [0.05, 0.1) is 12.1 Å². The molecule has 1 fully saturated rings. The lowest BCUT2D eigenvalue weighted by Gasteiger charge is -2.01. The minimum Gasteiger partial charge on any atom is -0.392 e. The van der Waals surface area contributed by atoms with Gasteiger partial charge in [-0.3, -0.25) is 0 Å². The van der Waals surface area contributed by atoms with Crippen molar-refractivity contribution in [3.05, 3.63) is 11.7 Å². The number of β-amino-alcohol motifs (C(OH)–C–C–N with tert-alkyl or cyclic N) is 1. The number of aliphatic hydroxyl groups is 1. The van der Waals surface area contributed by atoms with Gasteiger partial charge in [0.1, 0.15) is 0 Å². The summed E-state index contributed by atoms with van der Waals surface area (Å²) in [4.78, 5) is 3.22. The van der Waals surface area contributed by atoms with Crippen molar-refractivity contribution in [2.24, 2.45) is 0 Å². The summed E-state index contributed by atoms with van der Waals surface area (Å²) in [5, 5.41) is 14.8. The Hall–Kier alpha value is -1.15. The van der Waals surface area contributed by atoms with Crippen LogP contribution in [0.5, 0.6) is 0 Å². The first-order chi connectivity index (χ1) is 6.97. The highest BCUT2D eigenvalue weighted by atomic mass is 19.4. The van der Waals surface area contributed by atoms with Gasteiger partial charge in [0, 0.05) is 6.54 Å². The van der Waals surface area contributed by atoms with Crippen LogP contribution in [0.2, 0.25) is 0 Å². The molecule has 15 heavy (non-hydrogen) atoms. The summed E-state index contributed by atoms with van der Waals surface area (Å²) < 4.78 is 40.8. The third kappa shape index (κ3) is 2.10. The SMILES string of the molecule is O[C@@H]1CN[C@H](c2nc(C(F)(F)F)no2)C1. The number of halogens is 3. The molecule has 0 bridgehead atoms.